The van der Waals surface area contributed by atoms with Crippen molar-refractivity contribution in [2.75, 3.05) is 5.32 Å². The maximum atomic E-state index is 12.2. The van der Waals surface area contributed by atoms with E-state index in [9.17, 15) is 9.59 Å². The van der Waals surface area contributed by atoms with Gasteiger partial charge in [-0.15, -0.1) is 0 Å². The number of aryl methyl sites for hydroxylation is 1. The number of furan rings is 1. The summed E-state index contributed by atoms with van der Waals surface area (Å²) in [5, 5.41) is 9.02. The van der Waals surface area contributed by atoms with E-state index in [1.807, 2.05) is 0 Å². The Morgan fingerprint density at radius 2 is 2.19 bits per heavy atom. The van der Waals surface area contributed by atoms with E-state index in [1.165, 1.54) is 6.26 Å². The molecule has 2 aromatic heterocycles. The summed E-state index contributed by atoms with van der Waals surface area (Å²) in [5.41, 5.74) is -1.00. The zero-order valence-electron chi connectivity index (χ0n) is 11.5. The summed E-state index contributed by atoms with van der Waals surface area (Å²) < 4.78 is 10.0. The third-order valence-electron chi connectivity index (χ3n) is 3.49. The van der Waals surface area contributed by atoms with Crippen LogP contribution in [0.25, 0.3) is 0 Å². The minimum Gasteiger partial charge on any atom is -0.467 e. The molecule has 0 aliphatic heterocycles. The van der Waals surface area contributed by atoms with Crippen LogP contribution < -0.4 is 10.6 Å². The Bertz CT molecular complexity index is 656. The molecule has 110 valence electrons. The van der Waals surface area contributed by atoms with Crippen LogP contribution in [0.15, 0.2) is 33.4 Å². The summed E-state index contributed by atoms with van der Waals surface area (Å²) >= 11 is 0. The largest absolute Gasteiger partial charge is 0.467 e. The lowest BCUT2D eigenvalue weighted by molar-refractivity contribution is -0.134. The molecule has 0 spiro atoms. The fraction of sp³-hybridized carbons (Fsp3) is 0.357. The highest BCUT2D eigenvalue weighted by atomic mass is 16.5. The first-order valence-corrected chi connectivity index (χ1v) is 6.66. The van der Waals surface area contributed by atoms with Crippen LogP contribution in [-0.2, 0) is 16.1 Å². The molecule has 0 aromatic carbocycles. The van der Waals surface area contributed by atoms with E-state index in [0.29, 0.717) is 30.2 Å². The molecule has 2 aromatic rings. The van der Waals surface area contributed by atoms with Crippen molar-refractivity contribution in [3.63, 3.8) is 0 Å². The number of aromatic nitrogens is 1. The second-order valence-corrected chi connectivity index (χ2v) is 5.12. The first-order chi connectivity index (χ1) is 10.1. The minimum absolute atomic E-state index is 0.268. The number of nitrogens with one attached hydrogen (secondary N) is 2. The van der Waals surface area contributed by atoms with Crippen LogP contribution in [0.2, 0.25) is 0 Å². The Labute approximate surface area is 120 Å². The van der Waals surface area contributed by atoms with Gasteiger partial charge in [-0.25, -0.2) is 0 Å². The number of carbonyl (C=O) groups is 2. The van der Waals surface area contributed by atoms with Gasteiger partial charge >= 0.3 is 0 Å². The van der Waals surface area contributed by atoms with Gasteiger partial charge in [-0.3, -0.25) is 9.59 Å². The summed E-state index contributed by atoms with van der Waals surface area (Å²) in [4.78, 5) is 24.4. The van der Waals surface area contributed by atoms with Crippen LogP contribution in [0.5, 0.6) is 0 Å². The summed E-state index contributed by atoms with van der Waals surface area (Å²) in [6.45, 7) is 2.00. The number of hydrogen-bond donors (Lipinski definition) is 2. The van der Waals surface area contributed by atoms with Gasteiger partial charge in [0, 0.05) is 6.07 Å². The molecule has 1 aliphatic rings. The van der Waals surface area contributed by atoms with Crippen LogP contribution >= 0.6 is 0 Å². The van der Waals surface area contributed by atoms with Gasteiger partial charge in [-0.05, 0) is 31.9 Å². The molecular weight excluding hydrogens is 274 g/mol. The average Bonchev–Trinajstić information content (AvgIpc) is 2.92. The number of nitrogens with zero attached hydrogens (tertiary/aromatic N) is 1. The second-order valence-electron chi connectivity index (χ2n) is 5.12. The van der Waals surface area contributed by atoms with E-state index in [-0.39, 0.29) is 18.4 Å². The average molecular weight is 289 g/mol. The van der Waals surface area contributed by atoms with Crippen LogP contribution in [0.4, 0.5) is 5.82 Å². The molecule has 7 nitrogen and oxygen atoms in total. The predicted octanol–water partition coefficient (Wildman–Crippen LogP) is 1.61. The summed E-state index contributed by atoms with van der Waals surface area (Å²) in [7, 11) is 0. The fourth-order valence-corrected chi connectivity index (χ4v) is 2.09. The Kier molecular flexibility index (Phi) is 3.25. The third-order valence-corrected chi connectivity index (χ3v) is 3.49. The molecule has 1 aliphatic carbocycles. The van der Waals surface area contributed by atoms with E-state index in [1.54, 1.807) is 25.1 Å². The maximum absolute atomic E-state index is 12.2. The molecule has 1 fully saturated rings. The zero-order chi connectivity index (χ0) is 14.9. The van der Waals surface area contributed by atoms with Crippen LogP contribution in [0.3, 0.4) is 0 Å². The molecule has 0 radical (unpaired) electrons. The van der Waals surface area contributed by atoms with Crippen molar-refractivity contribution in [1.82, 2.24) is 10.5 Å². The van der Waals surface area contributed by atoms with Crippen molar-refractivity contribution in [3.05, 3.63) is 36.0 Å². The van der Waals surface area contributed by atoms with Crippen LogP contribution in [0, 0.1) is 12.3 Å². The number of carbonyl (C=O) groups excluding carboxylic acids is 2. The highest BCUT2D eigenvalue weighted by Gasteiger charge is 2.56. The second kappa shape index (κ2) is 5.08. The summed E-state index contributed by atoms with van der Waals surface area (Å²) in [5.74, 6) is 0.913. The fourth-order valence-electron chi connectivity index (χ4n) is 2.09. The lowest BCUT2D eigenvalue weighted by atomic mass is 10.1. The van der Waals surface area contributed by atoms with E-state index < -0.39 is 5.41 Å². The molecule has 0 saturated heterocycles. The molecule has 2 heterocycles. The first kappa shape index (κ1) is 13.4. The van der Waals surface area contributed by atoms with E-state index >= 15 is 0 Å². The Balaban J connectivity index is 1.60. The lowest BCUT2D eigenvalue weighted by Crippen LogP contribution is -2.39. The summed E-state index contributed by atoms with van der Waals surface area (Å²) in [6, 6.07) is 5.11. The SMILES string of the molecule is Cc1cc(NC(=O)C2(C(=O)NCc3ccco3)CC2)no1. The monoisotopic (exact) mass is 289 g/mol. The van der Waals surface area contributed by atoms with Gasteiger partial charge in [-0.1, -0.05) is 5.16 Å². The highest BCUT2D eigenvalue weighted by molar-refractivity contribution is 6.12. The topological polar surface area (TPSA) is 97.4 Å². The van der Waals surface area contributed by atoms with Gasteiger partial charge in [0.05, 0.1) is 12.8 Å². The van der Waals surface area contributed by atoms with E-state index in [2.05, 4.69) is 15.8 Å². The molecule has 1 saturated carbocycles. The highest BCUT2D eigenvalue weighted by Crippen LogP contribution is 2.46. The standard InChI is InChI=1S/C14H15N3O4/c1-9-7-11(17-21-9)16-13(19)14(4-5-14)12(18)15-8-10-3-2-6-20-10/h2-3,6-7H,4-5,8H2,1H3,(H,15,18)(H,16,17,19). The van der Waals surface area contributed by atoms with Crippen molar-refractivity contribution < 1.29 is 18.5 Å². The first-order valence-electron chi connectivity index (χ1n) is 6.66. The Hall–Kier alpha value is -2.57. The zero-order valence-corrected chi connectivity index (χ0v) is 11.5. The van der Waals surface area contributed by atoms with Gasteiger partial charge in [0.2, 0.25) is 11.8 Å². The van der Waals surface area contributed by atoms with Crippen molar-refractivity contribution in [1.29, 1.82) is 0 Å². The van der Waals surface area contributed by atoms with Gasteiger partial charge in [0.25, 0.3) is 0 Å². The normalized spacial score (nSPS) is 15.5. The van der Waals surface area contributed by atoms with Crippen molar-refractivity contribution >= 4 is 17.6 Å². The molecule has 3 rings (SSSR count). The molecule has 0 unspecified atom stereocenters. The van der Waals surface area contributed by atoms with Crippen molar-refractivity contribution in [3.8, 4) is 0 Å². The van der Waals surface area contributed by atoms with Gasteiger partial charge in [0.15, 0.2) is 5.82 Å². The van der Waals surface area contributed by atoms with E-state index in [0.717, 1.165) is 0 Å². The van der Waals surface area contributed by atoms with Gasteiger partial charge in [0.1, 0.15) is 16.9 Å². The predicted molar refractivity (Wildman–Crippen MR) is 72.1 cm³/mol. The van der Waals surface area contributed by atoms with Crippen molar-refractivity contribution in [2.24, 2.45) is 5.41 Å². The molecule has 0 bridgehead atoms. The Morgan fingerprint density at radius 3 is 2.76 bits per heavy atom. The van der Waals surface area contributed by atoms with Crippen LogP contribution in [0.1, 0.15) is 24.4 Å². The molecule has 2 amide bonds. The number of anilines is 1. The minimum atomic E-state index is -1.00. The quantitative estimate of drug-likeness (QED) is 0.815. The maximum Gasteiger partial charge on any atom is 0.241 e. The van der Waals surface area contributed by atoms with Crippen LogP contribution in [-0.4, -0.2) is 17.0 Å². The molecule has 2 N–H and O–H groups in total. The molecule has 21 heavy (non-hydrogen) atoms. The number of amides is 2. The smallest absolute Gasteiger partial charge is 0.241 e. The molecule has 0 atom stereocenters. The molecule has 7 heteroatoms. The van der Waals surface area contributed by atoms with Gasteiger partial charge < -0.3 is 19.6 Å². The van der Waals surface area contributed by atoms with E-state index in [4.69, 9.17) is 8.94 Å². The summed E-state index contributed by atoms with van der Waals surface area (Å²) in [6.07, 6.45) is 2.59. The van der Waals surface area contributed by atoms with Crippen molar-refractivity contribution in [2.45, 2.75) is 26.3 Å². The Morgan fingerprint density at radius 1 is 1.38 bits per heavy atom. The lowest BCUT2D eigenvalue weighted by Gasteiger charge is -2.13. The molecular formula is C14H15N3O4. The number of rotatable bonds is 5. The number of hydrogen-bond acceptors (Lipinski definition) is 5. The third kappa shape index (κ3) is 2.67. The van der Waals surface area contributed by atoms with Gasteiger partial charge in [-0.2, -0.15) is 0 Å².